The van der Waals surface area contributed by atoms with Gasteiger partial charge in [0.25, 0.3) is 5.91 Å². The predicted octanol–water partition coefficient (Wildman–Crippen LogP) is 0.427. The van der Waals surface area contributed by atoms with Crippen molar-refractivity contribution in [3.8, 4) is 0 Å². The molecule has 23 heavy (non-hydrogen) atoms. The molecule has 1 aromatic rings. The average Bonchev–Trinajstić information content (AvgIpc) is 2.59. The number of carbonyl (C=O) groups excluding carboxylic acids is 2. The van der Waals surface area contributed by atoms with E-state index >= 15 is 0 Å². The van der Waals surface area contributed by atoms with Crippen molar-refractivity contribution in [2.45, 2.75) is 12.8 Å². The highest BCUT2D eigenvalue weighted by molar-refractivity contribution is 5.94. The molecule has 2 rings (SSSR count). The van der Waals surface area contributed by atoms with Crippen LogP contribution in [0.25, 0.3) is 0 Å². The molecule has 0 aromatic heterocycles. The Balaban J connectivity index is 1.77. The average molecular weight is 323 g/mol. The van der Waals surface area contributed by atoms with Gasteiger partial charge in [-0.3, -0.25) is 9.59 Å². The predicted molar refractivity (Wildman–Crippen MR) is 83.3 cm³/mol. The summed E-state index contributed by atoms with van der Waals surface area (Å²) in [5.41, 5.74) is 5.15. The molecule has 1 aromatic carbocycles. The Bertz CT molecular complexity index is 559. The first kappa shape index (κ1) is 17.4. The number of halogens is 1. The summed E-state index contributed by atoms with van der Waals surface area (Å²) in [7, 11) is 0. The van der Waals surface area contributed by atoms with E-state index in [1.165, 1.54) is 18.2 Å². The second-order valence-corrected chi connectivity index (χ2v) is 5.59. The van der Waals surface area contributed by atoms with E-state index in [4.69, 9.17) is 10.5 Å². The lowest BCUT2D eigenvalue weighted by atomic mass is 9.79. The standard InChI is InChI=1S/C16H22FN3O3/c17-13-4-2-1-3-12(13)14(21)19-7-8-20-15(22)16(11-18)5-9-23-10-6-16/h1-4H,5-11,18H2,(H,19,21)(H,20,22). The highest BCUT2D eigenvalue weighted by Gasteiger charge is 2.38. The first-order chi connectivity index (χ1) is 11.1. The minimum Gasteiger partial charge on any atom is -0.381 e. The molecule has 0 atom stereocenters. The molecule has 126 valence electrons. The molecule has 1 heterocycles. The van der Waals surface area contributed by atoms with Crippen LogP contribution in [0, 0.1) is 11.2 Å². The molecular formula is C16H22FN3O3. The topological polar surface area (TPSA) is 93.5 Å². The SMILES string of the molecule is NCC1(C(=O)NCCNC(=O)c2ccccc2F)CCOCC1. The summed E-state index contributed by atoms with van der Waals surface area (Å²) >= 11 is 0. The van der Waals surface area contributed by atoms with Gasteiger partial charge in [0.2, 0.25) is 5.91 Å². The largest absolute Gasteiger partial charge is 0.381 e. The molecule has 0 unspecified atom stereocenters. The van der Waals surface area contributed by atoms with Crippen molar-refractivity contribution in [1.29, 1.82) is 0 Å². The second-order valence-electron chi connectivity index (χ2n) is 5.59. The number of benzene rings is 1. The fourth-order valence-electron chi connectivity index (χ4n) is 2.57. The van der Waals surface area contributed by atoms with Gasteiger partial charge in [-0.1, -0.05) is 12.1 Å². The minimum absolute atomic E-state index is 0.0123. The third-order valence-electron chi connectivity index (χ3n) is 4.14. The van der Waals surface area contributed by atoms with Crippen LogP contribution in [0.5, 0.6) is 0 Å². The van der Waals surface area contributed by atoms with Crippen LogP contribution in [0.3, 0.4) is 0 Å². The molecule has 2 amide bonds. The van der Waals surface area contributed by atoms with Gasteiger partial charge in [0.15, 0.2) is 0 Å². The first-order valence-corrected chi connectivity index (χ1v) is 7.68. The number of ether oxygens (including phenoxy) is 1. The van der Waals surface area contributed by atoms with Crippen LogP contribution >= 0.6 is 0 Å². The van der Waals surface area contributed by atoms with Crippen molar-refractivity contribution in [2.24, 2.45) is 11.1 Å². The lowest BCUT2D eigenvalue weighted by molar-refractivity contribution is -0.135. The monoisotopic (exact) mass is 323 g/mol. The number of hydrogen-bond acceptors (Lipinski definition) is 4. The summed E-state index contributed by atoms with van der Waals surface area (Å²) < 4.78 is 18.7. The van der Waals surface area contributed by atoms with Gasteiger partial charge in [-0.05, 0) is 25.0 Å². The minimum atomic E-state index is -0.589. The Kier molecular flexibility index (Phi) is 6.06. The van der Waals surface area contributed by atoms with E-state index in [-0.39, 0.29) is 31.1 Å². The van der Waals surface area contributed by atoms with Gasteiger partial charge in [-0.15, -0.1) is 0 Å². The van der Waals surface area contributed by atoms with Crippen LogP contribution < -0.4 is 16.4 Å². The molecule has 0 saturated carbocycles. The maximum absolute atomic E-state index is 13.5. The zero-order valence-electron chi connectivity index (χ0n) is 12.9. The van der Waals surface area contributed by atoms with Crippen LogP contribution in [-0.2, 0) is 9.53 Å². The van der Waals surface area contributed by atoms with Gasteiger partial charge < -0.3 is 21.1 Å². The molecule has 0 aliphatic carbocycles. The van der Waals surface area contributed by atoms with Gasteiger partial charge in [0.05, 0.1) is 11.0 Å². The Morgan fingerprint density at radius 3 is 2.48 bits per heavy atom. The van der Waals surface area contributed by atoms with Gasteiger partial charge in [-0.25, -0.2) is 4.39 Å². The van der Waals surface area contributed by atoms with Gasteiger partial charge in [0.1, 0.15) is 5.82 Å². The number of amides is 2. The van der Waals surface area contributed by atoms with Crippen molar-refractivity contribution in [2.75, 3.05) is 32.8 Å². The first-order valence-electron chi connectivity index (χ1n) is 7.68. The molecule has 4 N–H and O–H groups in total. The Hall–Kier alpha value is -1.99. The third kappa shape index (κ3) is 4.27. The highest BCUT2D eigenvalue weighted by Crippen LogP contribution is 2.29. The molecule has 1 aliphatic heterocycles. The van der Waals surface area contributed by atoms with E-state index < -0.39 is 17.1 Å². The van der Waals surface area contributed by atoms with Crippen LogP contribution in [0.15, 0.2) is 24.3 Å². The van der Waals surface area contributed by atoms with Crippen LogP contribution in [-0.4, -0.2) is 44.7 Å². The van der Waals surface area contributed by atoms with Crippen molar-refractivity contribution in [3.05, 3.63) is 35.6 Å². The zero-order chi connectivity index (χ0) is 16.7. The molecule has 0 spiro atoms. The lowest BCUT2D eigenvalue weighted by Gasteiger charge is -2.34. The van der Waals surface area contributed by atoms with Gasteiger partial charge >= 0.3 is 0 Å². The maximum Gasteiger partial charge on any atom is 0.254 e. The van der Waals surface area contributed by atoms with E-state index in [2.05, 4.69) is 10.6 Å². The quantitative estimate of drug-likeness (QED) is 0.662. The Morgan fingerprint density at radius 2 is 1.83 bits per heavy atom. The summed E-state index contributed by atoms with van der Waals surface area (Å²) in [6.07, 6.45) is 1.19. The Morgan fingerprint density at radius 1 is 1.17 bits per heavy atom. The number of carbonyl (C=O) groups is 2. The van der Waals surface area contributed by atoms with Crippen molar-refractivity contribution in [1.82, 2.24) is 10.6 Å². The van der Waals surface area contributed by atoms with E-state index in [1.807, 2.05) is 0 Å². The molecule has 0 radical (unpaired) electrons. The Labute approximate surface area is 134 Å². The van der Waals surface area contributed by atoms with E-state index in [0.29, 0.717) is 26.1 Å². The van der Waals surface area contributed by atoms with Crippen molar-refractivity contribution >= 4 is 11.8 Å². The smallest absolute Gasteiger partial charge is 0.254 e. The molecule has 0 bridgehead atoms. The normalized spacial score (nSPS) is 16.6. The number of rotatable bonds is 6. The van der Waals surface area contributed by atoms with Gasteiger partial charge in [0, 0.05) is 32.8 Å². The number of nitrogens with two attached hydrogens (primary N) is 1. The van der Waals surface area contributed by atoms with E-state index in [0.717, 1.165) is 0 Å². The highest BCUT2D eigenvalue weighted by atomic mass is 19.1. The third-order valence-corrected chi connectivity index (χ3v) is 4.14. The molecule has 6 nitrogen and oxygen atoms in total. The number of nitrogens with one attached hydrogen (secondary N) is 2. The summed E-state index contributed by atoms with van der Waals surface area (Å²) in [4.78, 5) is 24.1. The van der Waals surface area contributed by atoms with E-state index in [1.54, 1.807) is 6.07 Å². The van der Waals surface area contributed by atoms with E-state index in [9.17, 15) is 14.0 Å². The second kappa shape index (κ2) is 8.03. The van der Waals surface area contributed by atoms with Crippen molar-refractivity contribution in [3.63, 3.8) is 0 Å². The maximum atomic E-state index is 13.5. The van der Waals surface area contributed by atoms with Crippen molar-refractivity contribution < 1.29 is 18.7 Å². The fraction of sp³-hybridized carbons (Fsp3) is 0.500. The van der Waals surface area contributed by atoms with Crippen LogP contribution in [0.2, 0.25) is 0 Å². The van der Waals surface area contributed by atoms with Gasteiger partial charge in [-0.2, -0.15) is 0 Å². The summed E-state index contributed by atoms with van der Waals surface area (Å²) in [5, 5.41) is 5.36. The van der Waals surface area contributed by atoms with Crippen LogP contribution in [0.1, 0.15) is 23.2 Å². The summed E-state index contributed by atoms with van der Waals surface area (Å²) in [6, 6.07) is 5.75. The lowest BCUT2D eigenvalue weighted by Crippen LogP contribution is -2.50. The summed E-state index contributed by atoms with van der Waals surface area (Å²) in [5.74, 6) is -1.20. The fourth-order valence-corrected chi connectivity index (χ4v) is 2.57. The summed E-state index contributed by atoms with van der Waals surface area (Å²) in [6.45, 7) is 1.80. The molecule has 1 saturated heterocycles. The molecule has 1 aliphatic rings. The number of hydrogen-bond donors (Lipinski definition) is 3. The molecular weight excluding hydrogens is 301 g/mol. The van der Waals surface area contributed by atoms with Crippen LogP contribution in [0.4, 0.5) is 4.39 Å². The molecule has 7 heteroatoms. The zero-order valence-corrected chi connectivity index (χ0v) is 12.9. The molecule has 1 fully saturated rings.